The molecule has 2 heterocycles. The third-order valence-corrected chi connectivity index (χ3v) is 4.17. The molecule has 1 saturated heterocycles. The Hall–Kier alpha value is -1.57. The third-order valence-electron chi connectivity index (χ3n) is 4.17. The zero-order valence-corrected chi connectivity index (χ0v) is 13.7. The lowest BCUT2D eigenvalue weighted by molar-refractivity contribution is -0.194. The van der Waals surface area contributed by atoms with Crippen molar-refractivity contribution >= 4 is 5.91 Å². The summed E-state index contributed by atoms with van der Waals surface area (Å²) in [5.74, 6) is -0.212. The molecule has 1 aliphatic heterocycles. The second-order valence-corrected chi connectivity index (χ2v) is 6.09. The van der Waals surface area contributed by atoms with Gasteiger partial charge in [0.1, 0.15) is 6.04 Å². The summed E-state index contributed by atoms with van der Waals surface area (Å²) in [6.45, 7) is 3.71. The van der Waals surface area contributed by atoms with Gasteiger partial charge in [0, 0.05) is 44.9 Å². The number of hydrogen-bond donors (Lipinski definition) is 1. The van der Waals surface area contributed by atoms with Crippen LogP contribution in [0.5, 0.6) is 0 Å². The molecule has 0 saturated carbocycles. The Labute approximate surface area is 133 Å². The van der Waals surface area contributed by atoms with Crippen molar-refractivity contribution in [3.8, 4) is 0 Å². The molecular formula is C15H23F3N4O. The van der Waals surface area contributed by atoms with Gasteiger partial charge in [-0.1, -0.05) is 6.92 Å². The number of piperidine rings is 1. The van der Waals surface area contributed by atoms with Crippen molar-refractivity contribution in [2.45, 2.75) is 57.9 Å². The summed E-state index contributed by atoms with van der Waals surface area (Å²) in [5, 5.41) is 7.02. The lowest BCUT2D eigenvalue weighted by Crippen LogP contribution is -2.55. The van der Waals surface area contributed by atoms with Crippen LogP contribution in [0.25, 0.3) is 0 Å². The monoisotopic (exact) mass is 332 g/mol. The summed E-state index contributed by atoms with van der Waals surface area (Å²) in [6.07, 6.45) is -1.48. The van der Waals surface area contributed by atoms with Gasteiger partial charge in [0.2, 0.25) is 5.91 Å². The minimum Gasteiger partial charge on any atom is -0.352 e. The van der Waals surface area contributed by atoms with Gasteiger partial charge in [-0.15, -0.1) is 0 Å². The SMILES string of the molecule is CCc1nn(C)cc1CN1CC(NC(C)=O)CCC1C(F)(F)F. The maximum absolute atomic E-state index is 13.3. The molecule has 1 aliphatic rings. The van der Waals surface area contributed by atoms with Crippen LogP contribution >= 0.6 is 0 Å². The Morgan fingerprint density at radius 3 is 2.70 bits per heavy atom. The first-order valence-electron chi connectivity index (χ1n) is 7.80. The molecule has 1 N–H and O–H groups in total. The molecule has 5 nitrogen and oxygen atoms in total. The number of aryl methyl sites for hydroxylation is 2. The summed E-state index contributed by atoms with van der Waals surface area (Å²) in [5.41, 5.74) is 1.63. The number of nitrogens with zero attached hydrogens (tertiary/aromatic N) is 3. The molecule has 1 aromatic rings. The number of alkyl halides is 3. The van der Waals surface area contributed by atoms with E-state index in [1.165, 1.54) is 11.8 Å². The van der Waals surface area contributed by atoms with Gasteiger partial charge in [0.25, 0.3) is 0 Å². The van der Waals surface area contributed by atoms with Crippen molar-refractivity contribution in [2.75, 3.05) is 6.54 Å². The average Bonchev–Trinajstić information content (AvgIpc) is 2.77. The van der Waals surface area contributed by atoms with Crippen LogP contribution in [0.3, 0.4) is 0 Å². The lowest BCUT2D eigenvalue weighted by atomic mass is 9.96. The zero-order valence-electron chi connectivity index (χ0n) is 13.7. The van der Waals surface area contributed by atoms with Gasteiger partial charge in [-0.2, -0.15) is 18.3 Å². The molecular weight excluding hydrogens is 309 g/mol. The number of carbonyl (C=O) groups excluding carboxylic acids is 1. The molecule has 1 fully saturated rings. The van der Waals surface area contributed by atoms with Gasteiger partial charge in [-0.3, -0.25) is 14.4 Å². The number of aromatic nitrogens is 2. The second kappa shape index (κ2) is 6.90. The second-order valence-electron chi connectivity index (χ2n) is 6.09. The van der Waals surface area contributed by atoms with Crippen LogP contribution in [0.2, 0.25) is 0 Å². The Balaban J connectivity index is 2.18. The number of halogens is 3. The Bertz CT molecular complexity index is 555. The fourth-order valence-corrected chi connectivity index (χ4v) is 3.23. The average molecular weight is 332 g/mol. The number of hydrogen-bond acceptors (Lipinski definition) is 3. The van der Waals surface area contributed by atoms with Crippen LogP contribution < -0.4 is 5.32 Å². The first-order valence-corrected chi connectivity index (χ1v) is 7.80. The Morgan fingerprint density at radius 2 is 2.13 bits per heavy atom. The number of rotatable bonds is 4. The van der Waals surface area contributed by atoms with Gasteiger partial charge >= 0.3 is 6.18 Å². The van der Waals surface area contributed by atoms with Crippen molar-refractivity contribution < 1.29 is 18.0 Å². The zero-order chi connectivity index (χ0) is 17.2. The quantitative estimate of drug-likeness (QED) is 0.918. The van der Waals surface area contributed by atoms with Crippen LogP contribution in [0.1, 0.15) is 37.9 Å². The van der Waals surface area contributed by atoms with E-state index < -0.39 is 12.2 Å². The first-order chi connectivity index (χ1) is 10.7. The van der Waals surface area contributed by atoms with Crippen molar-refractivity contribution in [3.05, 3.63) is 17.5 Å². The first kappa shape index (κ1) is 17.8. The lowest BCUT2D eigenvalue weighted by Gasteiger charge is -2.40. The predicted octanol–water partition coefficient (Wildman–Crippen LogP) is 2.01. The molecule has 23 heavy (non-hydrogen) atoms. The van der Waals surface area contributed by atoms with E-state index in [-0.39, 0.29) is 31.5 Å². The minimum absolute atomic E-state index is 0.00380. The maximum Gasteiger partial charge on any atom is 0.404 e. The van der Waals surface area contributed by atoms with Crippen LogP contribution in [-0.2, 0) is 24.8 Å². The number of carbonyl (C=O) groups is 1. The van der Waals surface area contributed by atoms with E-state index in [4.69, 9.17) is 0 Å². The third kappa shape index (κ3) is 4.46. The summed E-state index contributed by atoms with van der Waals surface area (Å²) in [4.78, 5) is 12.6. The molecule has 0 aliphatic carbocycles. The van der Waals surface area contributed by atoms with Gasteiger partial charge in [-0.05, 0) is 19.3 Å². The Kier molecular flexibility index (Phi) is 5.33. The topological polar surface area (TPSA) is 50.2 Å². The van der Waals surface area contributed by atoms with E-state index in [0.29, 0.717) is 12.8 Å². The fraction of sp³-hybridized carbons (Fsp3) is 0.733. The molecule has 2 rings (SSSR count). The molecule has 1 amide bonds. The highest BCUT2D eigenvalue weighted by atomic mass is 19.4. The highest BCUT2D eigenvalue weighted by Crippen LogP contribution is 2.33. The standard InChI is InChI=1S/C15H23F3N4O/c1-4-13-11(7-21(3)20-13)8-22-9-12(19-10(2)23)5-6-14(22)15(16,17)18/h7,12,14H,4-6,8-9H2,1-3H3,(H,19,23). The van der Waals surface area contributed by atoms with Crippen molar-refractivity contribution in [3.63, 3.8) is 0 Å². The van der Waals surface area contributed by atoms with E-state index in [0.717, 1.165) is 11.3 Å². The van der Waals surface area contributed by atoms with Crippen LogP contribution in [0.15, 0.2) is 6.20 Å². The van der Waals surface area contributed by atoms with E-state index in [9.17, 15) is 18.0 Å². The van der Waals surface area contributed by atoms with Crippen LogP contribution in [0.4, 0.5) is 13.2 Å². The van der Waals surface area contributed by atoms with E-state index in [1.54, 1.807) is 17.9 Å². The van der Waals surface area contributed by atoms with Crippen molar-refractivity contribution in [1.82, 2.24) is 20.0 Å². The number of amides is 1. The van der Waals surface area contributed by atoms with Gasteiger partial charge in [0.15, 0.2) is 0 Å². The summed E-state index contributed by atoms with van der Waals surface area (Å²) in [6, 6.07) is -1.72. The smallest absolute Gasteiger partial charge is 0.352 e. The number of likely N-dealkylation sites (tertiary alicyclic amines) is 1. The molecule has 8 heteroatoms. The number of nitrogens with one attached hydrogen (secondary N) is 1. The largest absolute Gasteiger partial charge is 0.404 e. The predicted molar refractivity (Wildman–Crippen MR) is 79.7 cm³/mol. The molecule has 2 unspecified atom stereocenters. The van der Waals surface area contributed by atoms with Crippen molar-refractivity contribution in [2.24, 2.45) is 7.05 Å². The van der Waals surface area contributed by atoms with Crippen LogP contribution in [-0.4, -0.2) is 45.4 Å². The highest BCUT2D eigenvalue weighted by Gasteiger charge is 2.46. The van der Waals surface area contributed by atoms with Crippen molar-refractivity contribution in [1.29, 1.82) is 0 Å². The molecule has 0 spiro atoms. The minimum atomic E-state index is -4.27. The summed E-state index contributed by atoms with van der Waals surface area (Å²) in [7, 11) is 1.76. The van der Waals surface area contributed by atoms with E-state index in [1.807, 2.05) is 6.92 Å². The molecule has 0 bridgehead atoms. The van der Waals surface area contributed by atoms with E-state index in [2.05, 4.69) is 10.4 Å². The van der Waals surface area contributed by atoms with E-state index >= 15 is 0 Å². The van der Waals surface area contributed by atoms with Gasteiger partial charge in [-0.25, -0.2) is 0 Å². The normalized spacial score (nSPS) is 23.0. The molecule has 0 radical (unpaired) electrons. The summed E-state index contributed by atoms with van der Waals surface area (Å²) < 4.78 is 41.6. The Morgan fingerprint density at radius 1 is 1.43 bits per heavy atom. The molecule has 2 atom stereocenters. The maximum atomic E-state index is 13.3. The molecule has 1 aromatic heterocycles. The fourth-order valence-electron chi connectivity index (χ4n) is 3.23. The summed E-state index contributed by atoms with van der Waals surface area (Å²) >= 11 is 0. The van der Waals surface area contributed by atoms with Gasteiger partial charge < -0.3 is 5.32 Å². The molecule has 0 aromatic carbocycles. The van der Waals surface area contributed by atoms with Gasteiger partial charge in [0.05, 0.1) is 5.69 Å². The van der Waals surface area contributed by atoms with Crippen LogP contribution in [0, 0.1) is 0 Å². The highest BCUT2D eigenvalue weighted by molar-refractivity contribution is 5.73. The molecule has 130 valence electrons.